The Morgan fingerprint density at radius 2 is 1.76 bits per heavy atom. The Balaban J connectivity index is 1.39. The number of nitrogens with one attached hydrogen (secondary N) is 1. The van der Waals surface area contributed by atoms with Crippen molar-refractivity contribution in [2.45, 2.75) is 18.4 Å². The van der Waals surface area contributed by atoms with Gasteiger partial charge in [0, 0.05) is 5.92 Å². The van der Waals surface area contributed by atoms with Crippen LogP contribution in [0.5, 0.6) is 5.75 Å². The monoisotopic (exact) mass is 401 g/mol. The summed E-state index contributed by atoms with van der Waals surface area (Å²) in [6.07, 6.45) is 5.58. The molecule has 5 rings (SSSR count). The van der Waals surface area contributed by atoms with Gasteiger partial charge in [-0.1, -0.05) is 66.2 Å². The maximum absolute atomic E-state index is 12.3. The zero-order valence-corrected chi connectivity index (χ0v) is 16.5. The smallest absolute Gasteiger partial charge is 0.343 e. The fourth-order valence-corrected chi connectivity index (χ4v) is 4.63. The first kappa shape index (κ1) is 18.0. The quantitative estimate of drug-likeness (QED) is 0.314. The van der Waals surface area contributed by atoms with Crippen LogP contribution in [0.1, 0.15) is 39.9 Å². The van der Waals surface area contributed by atoms with Crippen LogP contribution in [0.4, 0.5) is 5.69 Å². The van der Waals surface area contributed by atoms with Crippen molar-refractivity contribution in [3.8, 4) is 5.75 Å². The predicted octanol–water partition coefficient (Wildman–Crippen LogP) is 6.39. The molecule has 0 unspecified atom stereocenters. The number of para-hydroxylation sites is 1. The molecule has 4 heteroatoms. The molecular weight excluding hydrogens is 382 g/mol. The Morgan fingerprint density at radius 1 is 0.966 bits per heavy atom. The molecule has 0 amide bonds. The van der Waals surface area contributed by atoms with E-state index in [9.17, 15) is 4.79 Å². The number of benzene rings is 3. The average molecular weight is 402 g/mol. The average Bonchev–Trinajstić information content (AvgIpc) is 3.25. The van der Waals surface area contributed by atoms with Crippen LogP contribution < -0.4 is 10.1 Å². The van der Waals surface area contributed by atoms with Crippen LogP contribution in [0, 0.1) is 5.92 Å². The Hall–Kier alpha value is -3.04. The minimum atomic E-state index is -0.352. The number of fused-ring (bicyclic) bond motifs is 3. The lowest BCUT2D eigenvalue weighted by Gasteiger charge is -2.38. The molecule has 0 spiro atoms. The van der Waals surface area contributed by atoms with E-state index in [0.29, 0.717) is 23.1 Å². The third-order valence-electron chi connectivity index (χ3n) is 5.81. The molecule has 1 heterocycles. The highest BCUT2D eigenvalue weighted by Gasteiger charge is 2.38. The molecule has 3 aromatic rings. The molecule has 0 saturated heterocycles. The van der Waals surface area contributed by atoms with Gasteiger partial charge in [-0.2, -0.15) is 0 Å². The SMILES string of the molecule is O=C(Oc1ccc([C@@H]2Nc3c(Cl)cccc3[C@@H]3C=CC[C@@H]32)cc1)c1ccccc1. The molecule has 29 heavy (non-hydrogen) atoms. The topological polar surface area (TPSA) is 38.3 Å². The molecule has 0 saturated carbocycles. The third kappa shape index (κ3) is 3.32. The van der Waals surface area contributed by atoms with Gasteiger partial charge in [-0.3, -0.25) is 0 Å². The van der Waals surface area contributed by atoms with E-state index in [1.807, 2.05) is 54.6 Å². The Labute approximate surface area is 175 Å². The van der Waals surface area contributed by atoms with E-state index in [-0.39, 0.29) is 12.0 Å². The van der Waals surface area contributed by atoms with Gasteiger partial charge in [0.05, 0.1) is 22.3 Å². The molecular formula is C25H20ClNO2. The number of carbonyl (C=O) groups is 1. The first-order valence-corrected chi connectivity index (χ1v) is 10.2. The minimum absolute atomic E-state index is 0.154. The zero-order valence-electron chi connectivity index (χ0n) is 15.7. The number of anilines is 1. The first-order chi connectivity index (χ1) is 14.2. The molecule has 0 radical (unpaired) electrons. The van der Waals surface area contributed by atoms with E-state index in [4.69, 9.17) is 16.3 Å². The lowest BCUT2D eigenvalue weighted by Crippen LogP contribution is -2.29. The summed E-state index contributed by atoms with van der Waals surface area (Å²) < 4.78 is 5.51. The maximum Gasteiger partial charge on any atom is 0.343 e. The van der Waals surface area contributed by atoms with Crippen LogP contribution in [-0.4, -0.2) is 5.97 Å². The molecule has 1 aliphatic carbocycles. The van der Waals surface area contributed by atoms with Crippen molar-refractivity contribution in [3.05, 3.63) is 107 Å². The molecule has 0 fully saturated rings. The molecule has 1 N–H and O–H groups in total. The van der Waals surface area contributed by atoms with Crippen LogP contribution >= 0.6 is 11.6 Å². The number of allylic oxidation sites excluding steroid dienone is 2. The van der Waals surface area contributed by atoms with Crippen molar-refractivity contribution in [3.63, 3.8) is 0 Å². The maximum atomic E-state index is 12.3. The third-order valence-corrected chi connectivity index (χ3v) is 6.12. The fraction of sp³-hybridized carbons (Fsp3) is 0.160. The molecule has 3 nitrogen and oxygen atoms in total. The largest absolute Gasteiger partial charge is 0.423 e. The summed E-state index contributed by atoms with van der Waals surface area (Å²) in [7, 11) is 0. The summed E-state index contributed by atoms with van der Waals surface area (Å²) in [4.78, 5) is 12.3. The molecule has 3 atom stereocenters. The van der Waals surface area contributed by atoms with Gasteiger partial charge in [0.25, 0.3) is 0 Å². The summed E-state index contributed by atoms with van der Waals surface area (Å²) in [5.74, 6) is 0.997. The second kappa shape index (κ2) is 7.41. The van der Waals surface area contributed by atoms with Crippen LogP contribution in [0.25, 0.3) is 0 Å². The predicted molar refractivity (Wildman–Crippen MR) is 116 cm³/mol. The molecule has 1 aliphatic heterocycles. The van der Waals surface area contributed by atoms with Crippen molar-refractivity contribution in [1.82, 2.24) is 0 Å². The van der Waals surface area contributed by atoms with Crippen LogP contribution in [0.15, 0.2) is 84.9 Å². The van der Waals surface area contributed by atoms with Crippen molar-refractivity contribution in [2.24, 2.45) is 5.92 Å². The lowest BCUT2D eigenvalue weighted by atomic mass is 9.77. The van der Waals surface area contributed by atoms with Gasteiger partial charge in [0.15, 0.2) is 0 Å². The van der Waals surface area contributed by atoms with Crippen molar-refractivity contribution < 1.29 is 9.53 Å². The van der Waals surface area contributed by atoms with Gasteiger partial charge >= 0.3 is 5.97 Å². The summed E-state index contributed by atoms with van der Waals surface area (Å²) >= 11 is 6.48. The minimum Gasteiger partial charge on any atom is -0.423 e. The summed E-state index contributed by atoms with van der Waals surface area (Å²) in [6.45, 7) is 0. The van der Waals surface area contributed by atoms with Gasteiger partial charge in [-0.25, -0.2) is 4.79 Å². The lowest BCUT2D eigenvalue weighted by molar-refractivity contribution is 0.0734. The fourth-order valence-electron chi connectivity index (χ4n) is 4.40. The second-order valence-corrected chi connectivity index (χ2v) is 7.91. The van der Waals surface area contributed by atoms with Crippen molar-refractivity contribution in [1.29, 1.82) is 0 Å². The first-order valence-electron chi connectivity index (χ1n) is 9.79. The summed E-state index contributed by atoms with van der Waals surface area (Å²) in [5.41, 5.74) is 3.98. The number of esters is 1. The van der Waals surface area contributed by atoms with E-state index in [0.717, 1.165) is 22.7 Å². The Morgan fingerprint density at radius 3 is 2.55 bits per heavy atom. The summed E-state index contributed by atoms with van der Waals surface area (Å²) in [5, 5.41) is 4.41. The highest BCUT2D eigenvalue weighted by Crippen LogP contribution is 2.51. The second-order valence-electron chi connectivity index (χ2n) is 7.50. The molecule has 0 bridgehead atoms. The van der Waals surface area contributed by atoms with Gasteiger partial charge in [-0.05, 0) is 53.8 Å². The van der Waals surface area contributed by atoms with E-state index in [1.54, 1.807) is 12.1 Å². The van der Waals surface area contributed by atoms with Crippen molar-refractivity contribution in [2.75, 3.05) is 5.32 Å². The van der Waals surface area contributed by atoms with E-state index in [1.165, 1.54) is 5.56 Å². The van der Waals surface area contributed by atoms with Crippen molar-refractivity contribution >= 4 is 23.3 Å². The van der Waals surface area contributed by atoms with Gasteiger partial charge < -0.3 is 10.1 Å². The van der Waals surface area contributed by atoms with Crippen LogP contribution in [0.2, 0.25) is 5.02 Å². The van der Waals surface area contributed by atoms with Gasteiger partial charge in [0.2, 0.25) is 0 Å². The normalized spacial score (nSPS) is 21.8. The van der Waals surface area contributed by atoms with E-state index >= 15 is 0 Å². The number of rotatable bonds is 3. The number of hydrogen-bond donors (Lipinski definition) is 1. The molecule has 2 aliphatic rings. The van der Waals surface area contributed by atoms with Gasteiger partial charge in [0.1, 0.15) is 5.75 Å². The van der Waals surface area contributed by atoms with Crippen LogP contribution in [-0.2, 0) is 0 Å². The molecule has 0 aromatic heterocycles. The van der Waals surface area contributed by atoms with E-state index < -0.39 is 0 Å². The van der Waals surface area contributed by atoms with Crippen LogP contribution in [0.3, 0.4) is 0 Å². The highest BCUT2D eigenvalue weighted by molar-refractivity contribution is 6.33. The summed E-state index contributed by atoms with van der Waals surface area (Å²) in [6, 6.07) is 23.0. The Kier molecular flexibility index (Phi) is 4.61. The van der Waals surface area contributed by atoms with E-state index in [2.05, 4.69) is 23.5 Å². The molecule has 144 valence electrons. The number of ether oxygens (including phenoxy) is 1. The number of halogens is 1. The Bertz CT molecular complexity index is 1080. The standard InChI is InChI=1S/C25H20ClNO2/c26-22-11-5-10-21-19-8-4-9-20(19)23(27-24(21)22)16-12-14-18(15-13-16)29-25(28)17-6-2-1-3-7-17/h1-8,10-15,19-20,23,27H,9H2/t19-,20+,23+/m1/s1. The number of hydrogen-bond acceptors (Lipinski definition) is 3. The highest BCUT2D eigenvalue weighted by atomic mass is 35.5. The van der Waals surface area contributed by atoms with Gasteiger partial charge in [-0.15, -0.1) is 0 Å². The zero-order chi connectivity index (χ0) is 19.8. The number of carbonyl (C=O) groups excluding carboxylic acids is 1. The molecule has 3 aromatic carbocycles.